The van der Waals surface area contributed by atoms with E-state index in [-0.39, 0.29) is 5.91 Å². The maximum absolute atomic E-state index is 12.1. The van der Waals surface area contributed by atoms with Crippen molar-refractivity contribution in [2.24, 2.45) is 0 Å². The molecule has 2 fully saturated rings. The third-order valence-corrected chi connectivity index (χ3v) is 4.55. The van der Waals surface area contributed by atoms with Crippen LogP contribution in [-0.2, 0) is 11.2 Å². The normalized spacial score (nSPS) is 24.3. The molecule has 4 nitrogen and oxygen atoms in total. The number of amides is 1. The van der Waals surface area contributed by atoms with Gasteiger partial charge in [0.15, 0.2) is 0 Å². The van der Waals surface area contributed by atoms with E-state index < -0.39 is 0 Å². The van der Waals surface area contributed by atoms with Gasteiger partial charge < -0.3 is 10.2 Å². The lowest BCUT2D eigenvalue weighted by atomic mass is 9.97. The number of benzene rings is 1. The van der Waals surface area contributed by atoms with Gasteiger partial charge in [0.1, 0.15) is 0 Å². The molecule has 21 heavy (non-hydrogen) atoms. The van der Waals surface area contributed by atoms with Crippen LogP contribution in [0.5, 0.6) is 0 Å². The number of likely N-dealkylation sites (N-methyl/N-ethyl adjacent to an activating group) is 1. The molecule has 114 valence electrons. The van der Waals surface area contributed by atoms with E-state index in [0.29, 0.717) is 12.6 Å². The van der Waals surface area contributed by atoms with E-state index in [4.69, 9.17) is 0 Å². The molecule has 2 aliphatic rings. The minimum atomic E-state index is 0.199. The number of rotatable bonds is 3. The fourth-order valence-corrected chi connectivity index (χ4v) is 3.26. The highest BCUT2D eigenvalue weighted by atomic mass is 16.2. The molecule has 1 atom stereocenters. The second kappa shape index (κ2) is 6.58. The van der Waals surface area contributed by atoms with Crippen LogP contribution < -0.4 is 10.2 Å². The maximum Gasteiger partial charge on any atom is 0.241 e. The Morgan fingerprint density at radius 1 is 1.19 bits per heavy atom. The highest BCUT2D eigenvalue weighted by Crippen LogP contribution is 2.19. The SMILES string of the molecule is CN1CCN(c2ccc(CC3CCCCN3)cc2)C(=O)C1. The summed E-state index contributed by atoms with van der Waals surface area (Å²) >= 11 is 0. The van der Waals surface area contributed by atoms with Crippen molar-refractivity contribution in [3.8, 4) is 0 Å². The number of anilines is 1. The molecule has 2 heterocycles. The average molecular weight is 287 g/mol. The first-order valence-corrected chi connectivity index (χ1v) is 8.03. The number of hydrogen-bond acceptors (Lipinski definition) is 3. The highest BCUT2D eigenvalue weighted by Gasteiger charge is 2.22. The largest absolute Gasteiger partial charge is 0.314 e. The van der Waals surface area contributed by atoms with Crippen molar-refractivity contribution >= 4 is 11.6 Å². The number of nitrogens with zero attached hydrogens (tertiary/aromatic N) is 2. The van der Waals surface area contributed by atoms with E-state index in [9.17, 15) is 4.79 Å². The van der Waals surface area contributed by atoms with Gasteiger partial charge in [-0.1, -0.05) is 18.6 Å². The zero-order chi connectivity index (χ0) is 14.7. The molecular weight excluding hydrogens is 262 g/mol. The van der Waals surface area contributed by atoms with Crippen molar-refractivity contribution in [3.05, 3.63) is 29.8 Å². The van der Waals surface area contributed by atoms with Gasteiger partial charge in [-0.3, -0.25) is 9.69 Å². The summed E-state index contributed by atoms with van der Waals surface area (Å²) < 4.78 is 0. The van der Waals surface area contributed by atoms with Crippen molar-refractivity contribution in [2.75, 3.05) is 38.1 Å². The van der Waals surface area contributed by atoms with Crippen molar-refractivity contribution in [2.45, 2.75) is 31.7 Å². The zero-order valence-electron chi connectivity index (χ0n) is 12.8. The van der Waals surface area contributed by atoms with Crippen LogP contribution in [0.15, 0.2) is 24.3 Å². The molecule has 1 aromatic rings. The summed E-state index contributed by atoms with van der Waals surface area (Å²) in [4.78, 5) is 16.1. The number of piperidine rings is 1. The quantitative estimate of drug-likeness (QED) is 0.918. The van der Waals surface area contributed by atoms with Gasteiger partial charge >= 0.3 is 0 Å². The standard InChI is InChI=1S/C17H25N3O/c1-19-10-11-20(17(21)13-19)16-7-5-14(6-8-16)12-15-4-2-3-9-18-15/h5-8,15,18H,2-4,9-13H2,1H3. The molecular formula is C17H25N3O. The molecule has 0 aromatic heterocycles. The number of carbonyl (C=O) groups excluding carboxylic acids is 1. The van der Waals surface area contributed by atoms with Gasteiger partial charge in [0.2, 0.25) is 5.91 Å². The Kier molecular flexibility index (Phi) is 4.56. The van der Waals surface area contributed by atoms with Crippen molar-refractivity contribution < 1.29 is 4.79 Å². The van der Waals surface area contributed by atoms with Gasteiger partial charge in [0.25, 0.3) is 0 Å². The Balaban J connectivity index is 1.62. The molecule has 1 N–H and O–H groups in total. The summed E-state index contributed by atoms with van der Waals surface area (Å²) in [5, 5.41) is 3.59. The van der Waals surface area contributed by atoms with Crippen LogP contribution in [0.3, 0.4) is 0 Å². The van der Waals surface area contributed by atoms with Crippen LogP contribution in [0.2, 0.25) is 0 Å². The molecule has 1 unspecified atom stereocenters. The van der Waals surface area contributed by atoms with Crippen LogP contribution in [0, 0.1) is 0 Å². The van der Waals surface area contributed by atoms with Gasteiger partial charge in [0.05, 0.1) is 6.54 Å². The summed E-state index contributed by atoms with van der Waals surface area (Å²) in [6, 6.07) is 9.17. The number of hydrogen-bond donors (Lipinski definition) is 1. The molecule has 0 aliphatic carbocycles. The number of carbonyl (C=O) groups is 1. The average Bonchev–Trinajstić information content (AvgIpc) is 2.49. The van der Waals surface area contributed by atoms with E-state index in [1.807, 2.05) is 11.9 Å². The van der Waals surface area contributed by atoms with Crippen LogP contribution in [-0.4, -0.2) is 50.1 Å². The summed E-state index contributed by atoms with van der Waals surface area (Å²) in [5.74, 6) is 0.199. The fraction of sp³-hybridized carbons (Fsp3) is 0.588. The fourth-order valence-electron chi connectivity index (χ4n) is 3.26. The predicted molar refractivity (Wildman–Crippen MR) is 85.6 cm³/mol. The summed E-state index contributed by atoms with van der Waals surface area (Å²) in [5.41, 5.74) is 2.40. The van der Waals surface area contributed by atoms with Gasteiger partial charge in [-0.15, -0.1) is 0 Å². The van der Waals surface area contributed by atoms with E-state index in [0.717, 1.165) is 31.7 Å². The van der Waals surface area contributed by atoms with Gasteiger partial charge in [0, 0.05) is 24.8 Å². The van der Waals surface area contributed by atoms with Crippen molar-refractivity contribution in [3.63, 3.8) is 0 Å². The molecule has 0 saturated carbocycles. The molecule has 0 bridgehead atoms. The first-order chi connectivity index (χ1) is 10.2. The van der Waals surface area contributed by atoms with Crippen LogP contribution in [0.4, 0.5) is 5.69 Å². The number of nitrogens with one attached hydrogen (secondary N) is 1. The Bertz CT molecular complexity index is 479. The zero-order valence-corrected chi connectivity index (χ0v) is 12.8. The molecule has 2 aliphatic heterocycles. The number of piperazine rings is 1. The monoisotopic (exact) mass is 287 g/mol. The van der Waals surface area contributed by atoms with E-state index in [1.54, 1.807) is 0 Å². The van der Waals surface area contributed by atoms with Gasteiger partial charge in [-0.25, -0.2) is 0 Å². The first-order valence-electron chi connectivity index (χ1n) is 8.03. The minimum absolute atomic E-state index is 0.199. The molecule has 0 radical (unpaired) electrons. The third-order valence-electron chi connectivity index (χ3n) is 4.55. The first kappa shape index (κ1) is 14.5. The summed E-state index contributed by atoms with van der Waals surface area (Å²) in [6.45, 7) is 3.41. The maximum atomic E-state index is 12.1. The Labute approximate surface area is 127 Å². The smallest absolute Gasteiger partial charge is 0.241 e. The molecule has 3 rings (SSSR count). The van der Waals surface area contributed by atoms with Gasteiger partial charge in [-0.2, -0.15) is 0 Å². The summed E-state index contributed by atoms with van der Waals surface area (Å²) in [7, 11) is 2.00. The minimum Gasteiger partial charge on any atom is -0.314 e. The molecule has 1 amide bonds. The van der Waals surface area contributed by atoms with E-state index >= 15 is 0 Å². The second-order valence-electron chi connectivity index (χ2n) is 6.30. The lowest BCUT2D eigenvalue weighted by molar-refractivity contribution is -0.120. The predicted octanol–water partition coefficient (Wildman–Crippen LogP) is 1.65. The molecule has 1 aromatic carbocycles. The van der Waals surface area contributed by atoms with Crippen molar-refractivity contribution in [1.82, 2.24) is 10.2 Å². The molecule has 2 saturated heterocycles. The summed E-state index contributed by atoms with van der Waals surface area (Å²) in [6.07, 6.45) is 5.02. The van der Waals surface area contributed by atoms with E-state index in [1.165, 1.54) is 24.8 Å². The highest BCUT2D eigenvalue weighted by molar-refractivity contribution is 5.95. The Morgan fingerprint density at radius 2 is 2.00 bits per heavy atom. The lowest BCUT2D eigenvalue weighted by Gasteiger charge is -2.32. The Morgan fingerprint density at radius 3 is 2.67 bits per heavy atom. The van der Waals surface area contributed by atoms with Gasteiger partial charge in [-0.05, 0) is 50.6 Å². The van der Waals surface area contributed by atoms with E-state index in [2.05, 4.69) is 34.5 Å². The van der Waals surface area contributed by atoms with Crippen LogP contribution in [0.25, 0.3) is 0 Å². The van der Waals surface area contributed by atoms with Crippen LogP contribution in [0.1, 0.15) is 24.8 Å². The lowest BCUT2D eigenvalue weighted by Crippen LogP contribution is -2.48. The Hall–Kier alpha value is -1.39. The third kappa shape index (κ3) is 3.63. The van der Waals surface area contributed by atoms with Crippen LogP contribution >= 0.6 is 0 Å². The van der Waals surface area contributed by atoms with Crippen molar-refractivity contribution in [1.29, 1.82) is 0 Å². The topological polar surface area (TPSA) is 35.6 Å². The molecule has 0 spiro atoms. The second-order valence-corrected chi connectivity index (χ2v) is 6.30. The molecule has 4 heteroatoms.